The van der Waals surface area contributed by atoms with Crippen molar-refractivity contribution >= 4 is 28.6 Å². The summed E-state index contributed by atoms with van der Waals surface area (Å²) in [6.07, 6.45) is 3.16. The van der Waals surface area contributed by atoms with Gasteiger partial charge in [0.2, 0.25) is 0 Å². The topological polar surface area (TPSA) is 111 Å². The van der Waals surface area contributed by atoms with Gasteiger partial charge in [0.15, 0.2) is 0 Å². The molecule has 1 unspecified atom stereocenters. The Labute approximate surface area is 250 Å². The Hall–Kier alpha value is -4.46. The van der Waals surface area contributed by atoms with E-state index in [1.54, 1.807) is 12.1 Å². The maximum absolute atomic E-state index is 11.6. The Balaban J connectivity index is 1.03. The number of rotatable bonds is 7. The van der Waals surface area contributed by atoms with E-state index in [1.807, 2.05) is 18.2 Å². The highest BCUT2D eigenvalue weighted by molar-refractivity contribution is 5.92. The van der Waals surface area contributed by atoms with Crippen LogP contribution < -0.4 is 9.80 Å². The molecule has 0 radical (unpaired) electrons. The van der Waals surface area contributed by atoms with E-state index in [0.29, 0.717) is 13.1 Å². The second-order valence-corrected chi connectivity index (χ2v) is 11.7. The Morgan fingerprint density at radius 1 is 0.977 bits per heavy atom. The van der Waals surface area contributed by atoms with Crippen LogP contribution in [0, 0.1) is 11.3 Å². The van der Waals surface area contributed by atoms with E-state index in [1.165, 1.54) is 11.1 Å². The van der Waals surface area contributed by atoms with Crippen molar-refractivity contribution in [2.24, 2.45) is 0 Å². The number of nitriles is 1. The summed E-state index contributed by atoms with van der Waals surface area (Å²) >= 11 is 0. The smallest absolute Gasteiger partial charge is 0.335 e. The molecule has 2 aromatic heterocycles. The fourth-order valence-corrected chi connectivity index (χ4v) is 6.38. The third-order valence-corrected chi connectivity index (χ3v) is 8.93. The van der Waals surface area contributed by atoms with Gasteiger partial charge in [0.1, 0.15) is 17.5 Å². The Morgan fingerprint density at radius 3 is 2.53 bits per heavy atom. The molecule has 7 rings (SSSR count). The summed E-state index contributed by atoms with van der Waals surface area (Å²) in [5, 5.41) is 18.8. The zero-order valence-electron chi connectivity index (χ0n) is 24.2. The maximum atomic E-state index is 11.6. The average molecular weight is 578 g/mol. The van der Waals surface area contributed by atoms with Crippen molar-refractivity contribution in [2.75, 3.05) is 49.1 Å². The van der Waals surface area contributed by atoms with Gasteiger partial charge in [-0.15, -0.1) is 0 Å². The highest BCUT2D eigenvalue weighted by atomic mass is 16.5. The van der Waals surface area contributed by atoms with Crippen molar-refractivity contribution in [1.29, 1.82) is 5.26 Å². The molecule has 5 heterocycles. The summed E-state index contributed by atoms with van der Waals surface area (Å²) in [5.41, 5.74) is 5.21. The molecule has 10 nitrogen and oxygen atoms in total. The summed E-state index contributed by atoms with van der Waals surface area (Å²) < 4.78 is 7.87. The lowest BCUT2D eigenvalue weighted by atomic mass is 10.0. The predicted molar refractivity (Wildman–Crippen MR) is 163 cm³/mol. The Kier molecular flexibility index (Phi) is 7.43. The molecule has 1 N–H and O–H groups in total. The Morgan fingerprint density at radius 2 is 1.79 bits per heavy atom. The minimum Gasteiger partial charge on any atom is -0.478 e. The van der Waals surface area contributed by atoms with Crippen LogP contribution in [0.1, 0.15) is 45.7 Å². The lowest BCUT2D eigenvalue weighted by molar-refractivity contribution is -0.0592. The number of anilines is 2. The van der Waals surface area contributed by atoms with Gasteiger partial charge in [-0.25, -0.2) is 14.8 Å². The van der Waals surface area contributed by atoms with Gasteiger partial charge in [0.05, 0.1) is 47.4 Å². The van der Waals surface area contributed by atoms with Gasteiger partial charge in [-0.3, -0.25) is 4.90 Å². The lowest BCUT2D eigenvalue weighted by Crippen LogP contribution is -2.46. The number of fused-ring (bicyclic) bond motifs is 2. The fourth-order valence-electron chi connectivity index (χ4n) is 6.38. The normalized spacial score (nSPS) is 19.0. The SMILES string of the molecule is N#Cc1ccc2c(c1)CCCN(c1cccc(N3CCN(Cc4nc5ccc(C(=O)O)cc5n4CC4CCO4)CC3)n1)C2. The number of hydrogen-bond acceptors (Lipinski definition) is 8. The van der Waals surface area contributed by atoms with Gasteiger partial charge >= 0.3 is 5.97 Å². The van der Waals surface area contributed by atoms with E-state index in [9.17, 15) is 15.2 Å². The molecule has 0 bridgehead atoms. The first kappa shape index (κ1) is 27.4. The van der Waals surface area contributed by atoms with Crippen molar-refractivity contribution in [2.45, 2.75) is 45.0 Å². The van der Waals surface area contributed by atoms with E-state index in [4.69, 9.17) is 14.7 Å². The van der Waals surface area contributed by atoms with Crippen LogP contribution in [0.3, 0.4) is 0 Å². The monoisotopic (exact) mass is 577 g/mol. The van der Waals surface area contributed by atoms with E-state index in [2.05, 4.69) is 49.6 Å². The Bertz CT molecular complexity index is 1700. The van der Waals surface area contributed by atoms with Gasteiger partial charge in [-0.05, 0) is 72.9 Å². The molecule has 0 saturated carbocycles. The summed E-state index contributed by atoms with van der Waals surface area (Å²) in [6.45, 7) is 7.39. The zero-order valence-corrected chi connectivity index (χ0v) is 24.2. The van der Waals surface area contributed by atoms with Gasteiger partial charge in [-0.1, -0.05) is 12.1 Å². The molecule has 1 atom stereocenters. The van der Waals surface area contributed by atoms with Crippen molar-refractivity contribution in [1.82, 2.24) is 19.4 Å². The first-order valence-corrected chi connectivity index (χ1v) is 15.1. The zero-order chi connectivity index (χ0) is 29.3. The molecule has 10 heteroatoms. The molecule has 3 aliphatic heterocycles. The number of hydrogen-bond donors (Lipinski definition) is 1. The van der Waals surface area contributed by atoms with Crippen molar-refractivity contribution in [3.63, 3.8) is 0 Å². The number of pyridine rings is 1. The average Bonchev–Trinajstić information content (AvgIpc) is 3.19. The predicted octanol–water partition coefficient (Wildman–Crippen LogP) is 4.07. The molecule has 2 aromatic carbocycles. The van der Waals surface area contributed by atoms with Crippen LogP contribution >= 0.6 is 0 Å². The number of aromatic nitrogens is 3. The number of ether oxygens (including phenoxy) is 1. The third-order valence-electron chi connectivity index (χ3n) is 8.93. The number of carboxylic acid groups (broad SMARTS) is 1. The number of benzene rings is 2. The van der Waals surface area contributed by atoms with E-state index in [-0.39, 0.29) is 11.7 Å². The van der Waals surface area contributed by atoms with E-state index < -0.39 is 5.97 Å². The van der Waals surface area contributed by atoms with Crippen LogP contribution in [0.2, 0.25) is 0 Å². The molecular weight excluding hydrogens is 542 g/mol. The minimum atomic E-state index is -0.931. The second-order valence-electron chi connectivity index (χ2n) is 11.7. The summed E-state index contributed by atoms with van der Waals surface area (Å²) in [5.74, 6) is 2.01. The number of piperazine rings is 1. The van der Waals surface area contributed by atoms with Crippen LogP contribution in [0.25, 0.3) is 11.0 Å². The molecule has 3 aliphatic rings. The second kappa shape index (κ2) is 11.7. The molecule has 220 valence electrons. The maximum Gasteiger partial charge on any atom is 0.335 e. The standard InChI is InChI=1S/C33H35N7O3/c34-19-23-6-7-26-20-39(11-2-3-24(26)17-23)31-5-1-4-30(36-31)38-14-12-37(13-15-38)22-32-35-28-9-8-25(33(41)42)18-29(28)40(32)21-27-10-16-43-27/h1,4-9,17-18,27H,2-3,10-16,20-22H2,(H,41,42). The van der Waals surface area contributed by atoms with Gasteiger partial charge < -0.3 is 24.2 Å². The highest BCUT2D eigenvalue weighted by Gasteiger charge is 2.25. The quantitative estimate of drug-likeness (QED) is 0.348. The largest absolute Gasteiger partial charge is 0.478 e. The summed E-state index contributed by atoms with van der Waals surface area (Å²) in [4.78, 5) is 28.8. The first-order valence-electron chi connectivity index (χ1n) is 15.1. The number of carbonyl (C=O) groups is 1. The van der Waals surface area contributed by atoms with Crippen molar-refractivity contribution < 1.29 is 14.6 Å². The first-order chi connectivity index (χ1) is 21.0. The summed E-state index contributed by atoms with van der Waals surface area (Å²) in [7, 11) is 0. The molecule has 4 aromatic rings. The minimum absolute atomic E-state index is 0.146. The fraction of sp³-hybridized carbons (Fsp3) is 0.394. The molecule has 2 fully saturated rings. The number of aryl methyl sites for hydroxylation is 1. The molecule has 0 spiro atoms. The number of aromatic carboxylic acids is 1. The van der Waals surface area contributed by atoms with Crippen LogP contribution in [0.4, 0.5) is 11.6 Å². The van der Waals surface area contributed by atoms with Crippen LogP contribution in [-0.2, 0) is 30.8 Å². The van der Waals surface area contributed by atoms with Gasteiger partial charge in [-0.2, -0.15) is 5.26 Å². The van der Waals surface area contributed by atoms with Crippen molar-refractivity contribution in [3.05, 3.63) is 82.7 Å². The third kappa shape index (κ3) is 5.66. The van der Waals surface area contributed by atoms with Gasteiger partial charge in [0, 0.05) is 45.9 Å². The lowest BCUT2D eigenvalue weighted by Gasteiger charge is -2.36. The molecule has 0 amide bonds. The molecule has 0 aliphatic carbocycles. The van der Waals surface area contributed by atoms with Crippen LogP contribution in [0.15, 0.2) is 54.6 Å². The highest BCUT2D eigenvalue weighted by Crippen LogP contribution is 2.27. The van der Waals surface area contributed by atoms with Crippen LogP contribution in [0.5, 0.6) is 0 Å². The number of imidazole rings is 1. The number of nitrogens with zero attached hydrogens (tertiary/aromatic N) is 7. The van der Waals surface area contributed by atoms with Crippen molar-refractivity contribution in [3.8, 4) is 6.07 Å². The molecule has 43 heavy (non-hydrogen) atoms. The molecular formula is C33H35N7O3. The van der Waals surface area contributed by atoms with E-state index in [0.717, 1.165) is 99.2 Å². The number of carboxylic acids is 1. The summed E-state index contributed by atoms with van der Waals surface area (Å²) in [6, 6.07) is 19.8. The molecule has 2 saturated heterocycles. The van der Waals surface area contributed by atoms with Gasteiger partial charge in [0.25, 0.3) is 0 Å². The van der Waals surface area contributed by atoms with E-state index >= 15 is 0 Å². The van der Waals surface area contributed by atoms with Crippen LogP contribution in [-0.4, -0.2) is 75.9 Å².